The number of benzene rings is 2. The Bertz CT molecular complexity index is 642. The van der Waals surface area contributed by atoms with Crippen LogP contribution < -0.4 is 15.4 Å². The van der Waals surface area contributed by atoms with Crippen molar-refractivity contribution in [3.05, 3.63) is 53.8 Å². The van der Waals surface area contributed by atoms with E-state index >= 15 is 0 Å². The number of halogens is 1. The molecule has 2 aromatic rings. The molecule has 21 heavy (non-hydrogen) atoms. The van der Waals surface area contributed by atoms with Gasteiger partial charge in [0.15, 0.2) is 0 Å². The van der Waals surface area contributed by atoms with Crippen LogP contribution in [0.1, 0.15) is 24.9 Å². The first-order valence-corrected chi connectivity index (χ1v) is 7.22. The molecular formula is C17H19FN2O. The molecule has 3 nitrogen and oxygen atoms in total. The number of hydrogen-bond acceptors (Lipinski definition) is 3. The minimum atomic E-state index is -0.363. The molecule has 0 spiro atoms. The lowest BCUT2D eigenvalue weighted by molar-refractivity contribution is 0.322. The molecule has 1 heterocycles. The summed E-state index contributed by atoms with van der Waals surface area (Å²) in [6.07, 6.45) is 0.879. The second-order valence-corrected chi connectivity index (χ2v) is 5.28. The summed E-state index contributed by atoms with van der Waals surface area (Å²) in [5, 5.41) is 0. The standard InChI is InChI=1S/C17H19FN2O/c1-12(19)17-13(18)6-4-8-15(17)20-10-5-11-21-16-9-3-2-7-14(16)20/h2-4,6-9,12H,5,10-11,19H2,1H3. The average Bonchev–Trinajstić information content (AvgIpc) is 2.68. The number of rotatable bonds is 2. The van der Waals surface area contributed by atoms with Crippen LogP contribution in [0.4, 0.5) is 15.8 Å². The number of hydrogen-bond donors (Lipinski definition) is 1. The molecule has 2 N–H and O–H groups in total. The summed E-state index contributed by atoms with van der Waals surface area (Å²) in [5.74, 6) is 0.569. The Hall–Kier alpha value is -2.07. The maximum Gasteiger partial charge on any atom is 0.142 e. The van der Waals surface area contributed by atoms with E-state index in [2.05, 4.69) is 4.90 Å². The molecule has 1 aliphatic rings. The molecule has 0 saturated carbocycles. The lowest BCUT2D eigenvalue weighted by Gasteiger charge is -2.27. The quantitative estimate of drug-likeness (QED) is 0.913. The predicted molar refractivity (Wildman–Crippen MR) is 82.6 cm³/mol. The summed E-state index contributed by atoms with van der Waals surface area (Å²) in [4.78, 5) is 2.10. The number of para-hydroxylation sites is 2. The van der Waals surface area contributed by atoms with Crippen LogP contribution in [0, 0.1) is 5.82 Å². The third-order valence-electron chi connectivity index (χ3n) is 3.72. The van der Waals surface area contributed by atoms with E-state index in [4.69, 9.17) is 10.5 Å². The molecule has 0 radical (unpaired) electrons. The molecule has 1 aliphatic heterocycles. The van der Waals surface area contributed by atoms with Crippen molar-refractivity contribution < 1.29 is 9.13 Å². The van der Waals surface area contributed by atoms with Gasteiger partial charge in [-0.25, -0.2) is 4.39 Å². The molecule has 0 aliphatic carbocycles. The van der Waals surface area contributed by atoms with Gasteiger partial charge in [0.05, 0.1) is 12.3 Å². The number of nitrogens with zero attached hydrogens (tertiary/aromatic N) is 1. The first-order valence-electron chi connectivity index (χ1n) is 7.22. The molecule has 1 unspecified atom stereocenters. The third kappa shape index (κ3) is 2.59. The van der Waals surface area contributed by atoms with Crippen molar-refractivity contribution >= 4 is 11.4 Å². The van der Waals surface area contributed by atoms with Gasteiger partial charge in [0.25, 0.3) is 0 Å². The van der Waals surface area contributed by atoms with Crippen LogP contribution in [0.5, 0.6) is 5.75 Å². The smallest absolute Gasteiger partial charge is 0.142 e. The molecule has 0 amide bonds. The molecule has 1 atom stereocenters. The zero-order valence-corrected chi connectivity index (χ0v) is 12.1. The van der Waals surface area contributed by atoms with Gasteiger partial charge in [-0.05, 0) is 37.6 Å². The summed E-state index contributed by atoms with van der Waals surface area (Å²) in [6, 6.07) is 12.6. The average molecular weight is 286 g/mol. The Kier molecular flexibility index (Phi) is 3.80. The van der Waals surface area contributed by atoms with E-state index in [9.17, 15) is 4.39 Å². The summed E-state index contributed by atoms with van der Waals surface area (Å²) in [5.41, 5.74) is 8.32. The van der Waals surface area contributed by atoms with Gasteiger partial charge in [-0.3, -0.25) is 0 Å². The summed E-state index contributed by atoms with van der Waals surface area (Å²) in [6.45, 7) is 3.25. The van der Waals surface area contributed by atoms with Gasteiger partial charge in [-0.1, -0.05) is 18.2 Å². The largest absolute Gasteiger partial charge is 0.491 e. The van der Waals surface area contributed by atoms with Crippen molar-refractivity contribution in [3.8, 4) is 5.75 Å². The second kappa shape index (κ2) is 5.74. The van der Waals surface area contributed by atoms with Crippen LogP contribution in [0.3, 0.4) is 0 Å². The number of nitrogens with two attached hydrogens (primary N) is 1. The van der Waals surface area contributed by atoms with Crippen LogP contribution in [0.2, 0.25) is 0 Å². The van der Waals surface area contributed by atoms with Gasteiger partial charge in [0, 0.05) is 23.8 Å². The normalized spacial score (nSPS) is 15.9. The number of ether oxygens (including phenoxy) is 1. The Morgan fingerprint density at radius 3 is 2.71 bits per heavy atom. The first-order chi connectivity index (χ1) is 10.2. The number of fused-ring (bicyclic) bond motifs is 1. The highest BCUT2D eigenvalue weighted by Crippen LogP contribution is 2.39. The van der Waals surface area contributed by atoms with Gasteiger partial charge < -0.3 is 15.4 Å². The van der Waals surface area contributed by atoms with E-state index < -0.39 is 0 Å². The molecule has 0 aromatic heterocycles. The van der Waals surface area contributed by atoms with Crippen LogP contribution in [-0.4, -0.2) is 13.2 Å². The lowest BCUT2D eigenvalue weighted by atomic mass is 10.0. The molecule has 110 valence electrons. The molecule has 0 saturated heterocycles. The minimum Gasteiger partial charge on any atom is -0.491 e. The fourth-order valence-corrected chi connectivity index (χ4v) is 2.79. The van der Waals surface area contributed by atoms with Crippen molar-refractivity contribution in [2.45, 2.75) is 19.4 Å². The predicted octanol–water partition coefficient (Wildman–Crippen LogP) is 3.77. The molecule has 3 rings (SSSR count). The van der Waals surface area contributed by atoms with Crippen molar-refractivity contribution in [3.63, 3.8) is 0 Å². The van der Waals surface area contributed by atoms with Crippen LogP contribution in [-0.2, 0) is 0 Å². The van der Waals surface area contributed by atoms with Crippen molar-refractivity contribution in [1.82, 2.24) is 0 Å². The van der Waals surface area contributed by atoms with Gasteiger partial charge in [0.2, 0.25) is 0 Å². The topological polar surface area (TPSA) is 38.5 Å². The van der Waals surface area contributed by atoms with Gasteiger partial charge in [0.1, 0.15) is 11.6 Å². The fraction of sp³-hybridized carbons (Fsp3) is 0.294. The van der Waals surface area contributed by atoms with E-state index in [0.717, 1.165) is 30.1 Å². The van der Waals surface area contributed by atoms with E-state index in [0.29, 0.717) is 12.2 Å². The monoisotopic (exact) mass is 286 g/mol. The fourth-order valence-electron chi connectivity index (χ4n) is 2.79. The zero-order chi connectivity index (χ0) is 14.8. The van der Waals surface area contributed by atoms with Crippen LogP contribution >= 0.6 is 0 Å². The zero-order valence-electron chi connectivity index (χ0n) is 12.1. The van der Waals surface area contributed by atoms with Gasteiger partial charge in [-0.15, -0.1) is 0 Å². The summed E-state index contributed by atoms with van der Waals surface area (Å²) < 4.78 is 20.0. The van der Waals surface area contributed by atoms with Crippen LogP contribution in [0.15, 0.2) is 42.5 Å². The summed E-state index contributed by atoms with van der Waals surface area (Å²) in [7, 11) is 0. The number of anilines is 2. The highest BCUT2D eigenvalue weighted by atomic mass is 19.1. The minimum absolute atomic E-state index is 0.259. The van der Waals surface area contributed by atoms with Crippen LogP contribution in [0.25, 0.3) is 0 Å². The summed E-state index contributed by atoms with van der Waals surface area (Å²) >= 11 is 0. The Morgan fingerprint density at radius 2 is 1.90 bits per heavy atom. The Labute approximate surface area is 124 Å². The molecule has 0 fully saturated rings. The Balaban J connectivity index is 2.15. The highest BCUT2D eigenvalue weighted by Gasteiger charge is 2.22. The van der Waals surface area contributed by atoms with Gasteiger partial charge in [-0.2, -0.15) is 0 Å². The van der Waals surface area contributed by atoms with E-state index in [1.165, 1.54) is 6.07 Å². The SMILES string of the molecule is CC(N)c1c(F)cccc1N1CCCOc2ccccc21. The van der Waals surface area contributed by atoms with Crippen molar-refractivity contribution in [1.29, 1.82) is 0 Å². The maximum absolute atomic E-state index is 14.2. The maximum atomic E-state index is 14.2. The molecule has 0 bridgehead atoms. The second-order valence-electron chi connectivity index (χ2n) is 5.28. The van der Waals surface area contributed by atoms with Gasteiger partial charge >= 0.3 is 0 Å². The molecular weight excluding hydrogens is 267 g/mol. The van der Waals surface area contributed by atoms with Crippen molar-refractivity contribution in [2.24, 2.45) is 5.73 Å². The highest BCUT2D eigenvalue weighted by molar-refractivity contribution is 5.72. The molecule has 2 aromatic carbocycles. The van der Waals surface area contributed by atoms with E-state index in [1.54, 1.807) is 6.07 Å². The Morgan fingerprint density at radius 1 is 1.14 bits per heavy atom. The van der Waals surface area contributed by atoms with E-state index in [-0.39, 0.29) is 11.9 Å². The van der Waals surface area contributed by atoms with E-state index in [1.807, 2.05) is 37.3 Å². The third-order valence-corrected chi connectivity index (χ3v) is 3.72. The lowest BCUT2D eigenvalue weighted by Crippen LogP contribution is -2.22. The first kappa shape index (κ1) is 13.9. The van der Waals surface area contributed by atoms with Crippen molar-refractivity contribution in [2.75, 3.05) is 18.1 Å². The molecule has 4 heteroatoms.